The second kappa shape index (κ2) is 5.83. The summed E-state index contributed by atoms with van der Waals surface area (Å²) in [5.41, 5.74) is -0.123. The zero-order valence-electron chi connectivity index (χ0n) is 12.2. The zero-order valence-corrected chi connectivity index (χ0v) is 12.2. The average molecular weight is 292 g/mol. The van der Waals surface area contributed by atoms with Crippen LogP contribution in [-0.4, -0.2) is 27.5 Å². The maximum absolute atomic E-state index is 11.4. The van der Waals surface area contributed by atoms with Gasteiger partial charge in [0.25, 0.3) is 5.88 Å². The van der Waals surface area contributed by atoms with Crippen molar-refractivity contribution < 1.29 is 9.66 Å². The lowest BCUT2D eigenvalue weighted by Gasteiger charge is -2.11. The van der Waals surface area contributed by atoms with Crippen LogP contribution in [0.2, 0.25) is 0 Å². The highest BCUT2D eigenvalue weighted by Crippen LogP contribution is 2.42. The second-order valence-electron chi connectivity index (χ2n) is 5.74. The largest absolute Gasteiger partial charge is 0.473 e. The number of hydrogen-bond acceptors (Lipinski definition) is 6. The van der Waals surface area contributed by atoms with E-state index in [1.54, 1.807) is 0 Å². The minimum absolute atomic E-state index is 0.119. The number of nitrogens with one attached hydrogen (secondary N) is 1. The van der Waals surface area contributed by atoms with E-state index in [4.69, 9.17) is 4.74 Å². The Hall–Kier alpha value is -1.92. The lowest BCUT2D eigenvalue weighted by Crippen LogP contribution is -2.12. The average Bonchev–Trinajstić information content (AvgIpc) is 3.32. The molecule has 7 heteroatoms. The third-order valence-corrected chi connectivity index (χ3v) is 3.65. The van der Waals surface area contributed by atoms with E-state index < -0.39 is 4.92 Å². The molecule has 1 aromatic heterocycles. The molecule has 1 N–H and O–H groups in total. The Bertz CT molecular complexity index is 541. The number of hydrogen-bond donors (Lipinski definition) is 1. The molecule has 0 aromatic carbocycles. The fourth-order valence-electron chi connectivity index (χ4n) is 2.07. The minimum atomic E-state index is -0.442. The van der Waals surface area contributed by atoms with Crippen LogP contribution in [0.1, 0.15) is 57.2 Å². The highest BCUT2D eigenvalue weighted by Gasteiger charge is 2.35. The van der Waals surface area contributed by atoms with Crippen LogP contribution in [0.5, 0.6) is 5.88 Å². The lowest BCUT2D eigenvalue weighted by atomic mass is 10.3. The van der Waals surface area contributed by atoms with Gasteiger partial charge in [-0.25, -0.2) is 4.98 Å². The van der Waals surface area contributed by atoms with Gasteiger partial charge >= 0.3 is 5.69 Å². The number of anilines is 1. The van der Waals surface area contributed by atoms with E-state index >= 15 is 0 Å². The fourth-order valence-corrected chi connectivity index (χ4v) is 2.07. The van der Waals surface area contributed by atoms with Crippen LogP contribution < -0.4 is 10.1 Å². The molecule has 114 valence electrons. The van der Waals surface area contributed by atoms with E-state index in [0.717, 1.165) is 38.5 Å². The van der Waals surface area contributed by atoms with Crippen LogP contribution in [0.25, 0.3) is 0 Å². The molecule has 2 aliphatic carbocycles. The van der Waals surface area contributed by atoms with Gasteiger partial charge in [-0.05, 0) is 32.1 Å². The topological polar surface area (TPSA) is 90.2 Å². The molecule has 3 rings (SSSR count). The molecule has 1 heterocycles. The maximum atomic E-state index is 11.4. The third-order valence-electron chi connectivity index (χ3n) is 3.65. The molecule has 0 atom stereocenters. The molecule has 2 aliphatic rings. The summed E-state index contributed by atoms with van der Waals surface area (Å²) >= 11 is 0. The van der Waals surface area contributed by atoms with Crippen LogP contribution in [0.4, 0.5) is 11.5 Å². The number of nitrogens with zero attached hydrogens (tertiary/aromatic N) is 3. The van der Waals surface area contributed by atoms with Crippen molar-refractivity contribution in [2.45, 2.75) is 57.4 Å². The van der Waals surface area contributed by atoms with Crippen LogP contribution in [0, 0.1) is 10.1 Å². The zero-order chi connectivity index (χ0) is 14.8. The van der Waals surface area contributed by atoms with Crippen molar-refractivity contribution in [1.82, 2.24) is 9.97 Å². The number of aromatic nitrogens is 2. The molecule has 0 saturated heterocycles. The predicted molar refractivity (Wildman–Crippen MR) is 77.7 cm³/mol. The predicted octanol–water partition coefficient (Wildman–Crippen LogP) is 3.02. The van der Waals surface area contributed by atoms with E-state index in [1.807, 2.05) is 6.92 Å². The first-order valence-corrected chi connectivity index (χ1v) is 7.64. The monoisotopic (exact) mass is 292 g/mol. The van der Waals surface area contributed by atoms with Gasteiger partial charge in [0.05, 0.1) is 11.5 Å². The Kier molecular flexibility index (Phi) is 3.90. The van der Waals surface area contributed by atoms with Gasteiger partial charge in [0, 0.05) is 12.0 Å². The summed E-state index contributed by atoms with van der Waals surface area (Å²) < 4.78 is 5.57. The fraction of sp³-hybridized carbons (Fsp3) is 0.714. The van der Waals surface area contributed by atoms with Gasteiger partial charge in [-0.1, -0.05) is 13.3 Å². The van der Waals surface area contributed by atoms with Gasteiger partial charge < -0.3 is 10.1 Å². The Morgan fingerprint density at radius 1 is 1.33 bits per heavy atom. The van der Waals surface area contributed by atoms with Crippen molar-refractivity contribution in [3.8, 4) is 5.88 Å². The summed E-state index contributed by atoms with van der Waals surface area (Å²) in [5.74, 6) is 1.45. The molecule has 0 spiro atoms. The number of unbranched alkanes of at least 4 members (excludes halogenated alkanes) is 1. The van der Waals surface area contributed by atoms with Crippen molar-refractivity contribution in [3.05, 3.63) is 15.9 Å². The van der Waals surface area contributed by atoms with Gasteiger partial charge in [-0.3, -0.25) is 10.1 Å². The summed E-state index contributed by atoms with van der Waals surface area (Å²) in [6, 6.07) is 0.300. The van der Waals surface area contributed by atoms with Crippen molar-refractivity contribution >= 4 is 11.5 Å². The molecule has 0 unspecified atom stereocenters. The molecule has 0 radical (unpaired) electrons. The van der Waals surface area contributed by atoms with Crippen molar-refractivity contribution in [3.63, 3.8) is 0 Å². The standard InChI is InChI=1S/C14H20N4O3/c1-2-3-8-21-14-11(18(19)20)13(15-10-6-7-10)16-12(17-14)9-4-5-9/h9-10H,2-8H2,1H3,(H,15,16,17). The summed E-state index contributed by atoms with van der Waals surface area (Å²) in [7, 11) is 0. The molecule has 2 saturated carbocycles. The lowest BCUT2D eigenvalue weighted by molar-refractivity contribution is -0.385. The summed E-state index contributed by atoms with van der Waals surface area (Å²) in [4.78, 5) is 19.6. The Morgan fingerprint density at radius 2 is 2.10 bits per heavy atom. The second-order valence-corrected chi connectivity index (χ2v) is 5.74. The van der Waals surface area contributed by atoms with E-state index in [-0.39, 0.29) is 11.6 Å². The summed E-state index contributed by atoms with van der Waals surface area (Å²) in [5, 5.41) is 14.5. The quantitative estimate of drug-likeness (QED) is 0.450. The first-order valence-electron chi connectivity index (χ1n) is 7.64. The molecule has 1 aromatic rings. The van der Waals surface area contributed by atoms with Crippen molar-refractivity contribution in [1.29, 1.82) is 0 Å². The Labute approximate surface area is 123 Å². The molecular weight excluding hydrogens is 272 g/mol. The van der Waals surface area contributed by atoms with Gasteiger partial charge in [-0.2, -0.15) is 4.98 Å². The normalized spacial score (nSPS) is 17.6. The smallest absolute Gasteiger partial charge is 0.372 e. The van der Waals surface area contributed by atoms with Crippen LogP contribution in [0.15, 0.2) is 0 Å². The molecule has 21 heavy (non-hydrogen) atoms. The van der Waals surface area contributed by atoms with Crippen LogP contribution in [-0.2, 0) is 0 Å². The van der Waals surface area contributed by atoms with E-state index in [1.165, 1.54) is 0 Å². The van der Waals surface area contributed by atoms with Crippen LogP contribution >= 0.6 is 0 Å². The van der Waals surface area contributed by atoms with Crippen LogP contribution in [0.3, 0.4) is 0 Å². The van der Waals surface area contributed by atoms with Gasteiger partial charge in [0.1, 0.15) is 5.82 Å². The van der Waals surface area contributed by atoms with Gasteiger partial charge in [0.15, 0.2) is 0 Å². The van der Waals surface area contributed by atoms with E-state index in [2.05, 4.69) is 15.3 Å². The number of ether oxygens (including phenoxy) is 1. The van der Waals surface area contributed by atoms with E-state index in [0.29, 0.717) is 30.2 Å². The minimum Gasteiger partial charge on any atom is -0.473 e. The number of rotatable bonds is 8. The molecule has 0 amide bonds. The van der Waals surface area contributed by atoms with Gasteiger partial charge in [-0.15, -0.1) is 0 Å². The maximum Gasteiger partial charge on any atom is 0.372 e. The molecule has 0 bridgehead atoms. The Balaban J connectivity index is 1.92. The third kappa shape index (κ3) is 3.40. The molecular formula is C14H20N4O3. The SMILES string of the molecule is CCCCOc1nc(C2CC2)nc(NC2CC2)c1[N+](=O)[O-]. The van der Waals surface area contributed by atoms with Crippen molar-refractivity contribution in [2.75, 3.05) is 11.9 Å². The van der Waals surface area contributed by atoms with E-state index in [9.17, 15) is 10.1 Å². The summed E-state index contributed by atoms with van der Waals surface area (Å²) in [6.07, 6.45) is 5.99. The highest BCUT2D eigenvalue weighted by atomic mass is 16.6. The first-order chi connectivity index (χ1) is 10.2. The highest BCUT2D eigenvalue weighted by molar-refractivity contribution is 5.62. The number of nitro groups is 1. The first kappa shape index (κ1) is 14.0. The Morgan fingerprint density at radius 3 is 2.67 bits per heavy atom. The van der Waals surface area contributed by atoms with Crippen molar-refractivity contribution in [2.24, 2.45) is 0 Å². The molecule has 7 nitrogen and oxygen atoms in total. The van der Waals surface area contributed by atoms with Gasteiger partial charge in [0.2, 0.25) is 5.82 Å². The summed E-state index contributed by atoms with van der Waals surface area (Å²) in [6.45, 7) is 2.49. The molecule has 2 fully saturated rings. The molecule has 0 aliphatic heterocycles.